The van der Waals surface area contributed by atoms with Crippen molar-refractivity contribution in [2.24, 2.45) is 0 Å². The van der Waals surface area contributed by atoms with Crippen LogP contribution in [0, 0.1) is 0 Å². The highest BCUT2D eigenvalue weighted by Crippen LogP contribution is 2.40. The highest BCUT2D eigenvalue weighted by Gasteiger charge is 2.42. The summed E-state index contributed by atoms with van der Waals surface area (Å²) in [6.07, 6.45) is 8.16. The van der Waals surface area contributed by atoms with Crippen molar-refractivity contribution in [1.29, 1.82) is 0 Å². The Hall–Kier alpha value is -1.86. The lowest BCUT2D eigenvalue weighted by Gasteiger charge is -2.43. The number of fused-ring (bicyclic) bond motifs is 2. The molecule has 1 fully saturated rings. The molecule has 0 radical (unpaired) electrons. The van der Waals surface area contributed by atoms with Gasteiger partial charge in [-0.3, -0.25) is 14.6 Å². The third-order valence-corrected chi connectivity index (χ3v) is 5.20. The number of nitrogens with zero attached hydrogens (tertiary/aromatic N) is 4. The topological polar surface area (TPSA) is 76.0 Å². The number of rotatable bonds is 3. The number of likely N-dealkylation sites (tertiary alicyclic amines) is 1. The van der Waals surface area contributed by atoms with E-state index in [0.29, 0.717) is 31.1 Å². The van der Waals surface area contributed by atoms with E-state index in [1.54, 1.807) is 17.1 Å². The number of piperidine rings is 1. The van der Waals surface area contributed by atoms with Crippen LogP contribution in [0.4, 0.5) is 0 Å². The summed E-state index contributed by atoms with van der Waals surface area (Å²) in [6, 6.07) is 0. The van der Waals surface area contributed by atoms with Crippen LogP contribution in [-0.4, -0.2) is 50.5 Å². The Morgan fingerprint density at radius 1 is 1.38 bits per heavy atom. The normalized spacial score (nSPS) is 19.5. The maximum atomic E-state index is 12.4. The average molecular weight is 350 g/mol. The van der Waals surface area contributed by atoms with Crippen LogP contribution in [0.3, 0.4) is 0 Å². The number of carbonyl (C=O) groups excluding carboxylic acids is 1. The molecule has 0 atom stereocenters. The minimum Gasteiger partial charge on any atom is -0.368 e. The summed E-state index contributed by atoms with van der Waals surface area (Å²) in [7, 11) is 0. The van der Waals surface area contributed by atoms with Crippen molar-refractivity contribution >= 4 is 17.5 Å². The van der Waals surface area contributed by atoms with Gasteiger partial charge >= 0.3 is 0 Å². The number of hydrogen-bond donors (Lipinski definition) is 1. The number of ether oxygens (including phenoxy) is 1. The van der Waals surface area contributed by atoms with Crippen LogP contribution >= 0.6 is 11.6 Å². The summed E-state index contributed by atoms with van der Waals surface area (Å²) in [4.78, 5) is 14.4. The molecule has 4 heterocycles. The fraction of sp³-hybridized carbons (Fsp3) is 0.562. The summed E-state index contributed by atoms with van der Waals surface area (Å²) >= 11 is 5.84. The predicted octanol–water partition coefficient (Wildman–Crippen LogP) is 1.74. The van der Waals surface area contributed by atoms with Crippen LogP contribution in [0.5, 0.6) is 0 Å². The number of amides is 1. The van der Waals surface area contributed by atoms with Crippen LogP contribution in [0.25, 0.3) is 0 Å². The molecular formula is C16H20ClN5O2. The quantitative estimate of drug-likeness (QED) is 0.915. The standard InChI is InChI=1S/C16H20ClN5O2/c17-13-10-19-22(11-13)5-1-14(23)21-6-3-16(4-7-21)15-12(2-8-24-16)9-18-20-15/h9-11H,1-8H2,(H,18,20). The molecule has 8 heteroatoms. The summed E-state index contributed by atoms with van der Waals surface area (Å²) in [6.45, 7) is 2.68. The zero-order valence-electron chi connectivity index (χ0n) is 13.4. The van der Waals surface area contributed by atoms with E-state index in [1.165, 1.54) is 5.56 Å². The van der Waals surface area contributed by atoms with Crippen molar-refractivity contribution in [2.45, 2.75) is 37.8 Å². The lowest BCUT2D eigenvalue weighted by atomic mass is 9.83. The molecule has 2 aliphatic rings. The number of halogens is 1. The molecule has 7 nitrogen and oxygen atoms in total. The molecule has 2 aromatic rings. The van der Waals surface area contributed by atoms with Gasteiger partial charge in [-0.2, -0.15) is 10.2 Å². The van der Waals surface area contributed by atoms with Crippen molar-refractivity contribution < 1.29 is 9.53 Å². The third kappa shape index (κ3) is 2.82. The number of hydrogen-bond acceptors (Lipinski definition) is 4. The van der Waals surface area contributed by atoms with Gasteiger partial charge in [0.25, 0.3) is 0 Å². The van der Waals surface area contributed by atoms with Crippen LogP contribution < -0.4 is 0 Å². The first-order valence-corrected chi connectivity index (χ1v) is 8.66. The van der Waals surface area contributed by atoms with Gasteiger partial charge in [0, 0.05) is 32.3 Å². The number of nitrogens with one attached hydrogen (secondary N) is 1. The van der Waals surface area contributed by atoms with Gasteiger partial charge in [0.05, 0.1) is 29.7 Å². The molecule has 4 rings (SSSR count). The number of H-pyrrole nitrogens is 1. The molecule has 0 aromatic carbocycles. The minimum absolute atomic E-state index is 0.150. The predicted molar refractivity (Wildman–Crippen MR) is 87.6 cm³/mol. The molecule has 0 bridgehead atoms. The second kappa shape index (κ2) is 6.22. The fourth-order valence-corrected chi connectivity index (χ4v) is 3.82. The molecule has 128 valence electrons. The zero-order chi connectivity index (χ0) is 16.6. The molecule has 2 aliphatic heterocycles. The lowest BCUT2D eigenvalue weighted by Crippen LogP contribution is -2.48. The molecule has 1 spiro atoms. The molecule has 0 aliphatic carbocycles. The maximum Gasteiger partial charge on any atom is 0.224 e. The fourth-order valence-electron chi connectivity index (χ4n) is 3.66. The van der Waals surface area contributed by atoms with Crippen LogP contribution in [0.1, 0.15) is 30.5 Å². The van der Waals surface area contributed by atoms with E-state index < -0.39 is 0 Å². The molecule has 0 unspecified atom stereocenters. The van der Waals surface area contributed by atoms with Gasteiger partial charge in [0.2, 0.25) is 5.91 Å². The van der Waals surface area contributed by atoms with Gasteiger partial charge in [-0.25, -0.2) is 0 Å². The van der Waals surface area contributed by atoms with Gasteiger partial charge < -0.3 is 9.64 Å². The Balaban J connectivity index is 1.36. The van der Waals surface area contributed by atoms with Crippen molar-refractivity contribution in [3.8, 4) is 0 Å². The van der Waals surface area contributed by atoms with Gasteiger partial charge in [-0.1, -0.05) is 11.6 Å². The highest BCUT2D eigenvalue weighted by molar-refractivity contribution is 6.30. The number of carbonyl (C=O) groups is 1. The lowest BCUT2D eigenvalue weighted by molar-refractivity contribution is -0.141. The van der Waals surface area contributed by atoms with E-state index in [4.69, 9.17) is 16.3 Å². The third-order valence-electron chi connectivity index (χ3n) is 5.00. The number of aryl methyl sites for hydroxylation is 1. The Labute approximate surface area is 144 Å². The van der Waals surface area contributed by atoms with Gasteiger partial charge in [0.1, 0.15) is 5.60 Å². The number of aromatic amines is 1. The summed E-state index contributed by atoms with van der Waals surface area (Å²) in [5, 5.41) is 12.0. The molecule has 24 heavy (non-hydrogen) atoms. The van der Waals surface area contributed by atoms with E-state index in [9.17, 15) is 4.79 Å². The SMILES string of the molecule is O=C(CCn1cc(Cl)cn1)N1CCC2(CC1)OCCc1cn[nH]c12. The Morgan fingerprint density at radius 3 is 2.96 bits per heavy atom. The Bertz CT molecular complexity index is 732. The van der Waals surface area contributed by atoms with E-state index in [-0.39, 0.29) is 11.5 Å². The van der Waals surface area contributed by atoms with E-state index in [0.717, 1.165) is 31.6 Å². The molecule has 1 N–H and O–H groups in total. The maximum absolute atomic E-state index is 12.4. The minimum atomic E-state index is -0.295. The van der Waals surface area contributed by atoms with Crippen molar-refractivity contribution in [2.75, 3.05) is 19.7 Å². The van der Waals surface area contributed by atoms with E-state index in [1.807, 2.05) is 11.1 Å². The highest BCUT2D eigenvalue weighted by atomic mass is 35.5. The van der Waals surface area contributed by atoms with Gasteiger partial charge in [-0.05, 0) is 24.8 Å². The molecule has 0 saturated carbocycles. The first-order valence-electron chi connectivity index (χ1n) is 8.29. The zero-order valence-corrected chi connectivity index (χ0v) is 14.1. The van der Waals surface area contributed by atoms with Crippen LogP contribution in [0.2, 0.25) is 5.02 Å². The Kier molecular flexibility index (Phi) is 4.05. The van der Waals surface area contributed by atoms with Gasteiger partial charge in [-0.15, -0.1) is 0 Å². The summed E-state index contributed by atoms with van der Waals surface area (Å²) in [5.74, 6) is 0.150. The number of aromatic nitrogens is 4. The van der Waals surface area contributed by atoms with Crippen LogP contribution in [-0.2, 0) is 28.1 Å². The first kappa shape index (κ1) is 15.7. The largest absolute Gasteiger partial charge is 0.368 e. The summed E-state index contributed by atoms with van der Waals surface area (Å²) < 4.78 is 7.81. The second-order valence-electron chi connectivity index (χ2n) is 6.42. The van der Waals surface area contributed by atoms with E-state index >= 15 is 0 Å². The van der Waals surface area contributed by atoms with Gasteiger partial charge in [0.15, 0.2) is 0 Å². The van der Waals surface area contributed by atoms with E-state index in [2.05, 4.69) is 15.3 Å². The first-order chi connectivity index (χ1) is 11.7. The second-order valence-corrected chi connectivity index (χ2v) is 6.85. The average Bonchev–Trinajstić information content (AvgIpc) is 3.23. The molecule has 1 saturated heterocycles. The van der Waals surface area contributed by atoms with Crippen molar-refractivity contribution in [3.05, 3.63) is 34.9 Å². The van der Waals surface area contributed by atoms with Crippen LogP contribution in [0.15, 0.2) is 18.6 Å². The summed E-state index contributed by atoms with van der Waals surface area (Å²) in [5.41, 5.74) is 2.06. The Morgan fingerprint density at radius 2 is 2.21 bits per heavy atom. The van der Waals surface area contributed by atoms with Crippen molar-refractivity contribution in [1.82, 2.24) is 24.9 Å². The molecule has 2 aromatic heterocycles. The van der Waals surface area contributed by atoms with Crippen molar-refractivity contribution in [3.63, 3.8) is 0 Å². The smallest absolute Gasteiger partial charge is 0.224 e. The molecular weight excluding hydrogens is 330 g/mol. The molecule has 1 amide bonds. The monoisotopic (exact) mass is 349 g/mol.